The predicted molar refractivity (Wildman–Crippen MR) is 71.7 cm³/mol. The van der Waals surface area contributed by atoms with Gasteiger partial charge in [0, 0.05) is 27.4 Å². The van der Waals surface area contributed by atoms with Crippen molar-refractivity contribution in [1.29, 1.82) is 0 Å². The van der Waals surface area contributed by atoms with Gasteiger partial charge < -0.3 is 10.3 Å². The van der Waals surface area contributed by atoms with Gasteiger partial charge in [-0.2, -0.15) is 0 Å². The molecular formula is C12H7Cl2N3O. The van der Waals surface area contributed by atoms with E-state index in [4.69, 9.17) is 33.5 Å². The third-order valence-electron chi connectivity index (χ3n) is 2.60. The molecule has 2 N–H and O–H groups in total. The summed E-state index contributed by atoms with van der Waals surface area (Å²) in [5.74, 6) is 0.310. The van der Waals surface area contributed by atoms with Gasteiger partial charge in [0.1, 0.15) is 0 Å². The first kappa shape index (κ1) is 11.3. The lowest BCUT2D eigenvalue weighted by Crippen LogP contribution is -1.86. The van der Waals surface area contributed by atoms with Crippen LogP contribution in [-0.2, 0) is 0 Å². The molecule has 2 heterocycles. The predicted octanol–water partition coefficient (Wildman–Crippen LogP) is 3.78. The fourth-order valence-electron chi connectivity index (χ4n) is 1.72. The molecule has 3 aromatic rings. The molecule has 3 rings (SSSR count). The summed E-state index contributed by atoms with van der Waals surface area (Å²) >= 11 is 12.0. The summed E-state index contributed by atoms with van der Waals surface area (Å²) in [6.45, 7) is 0. The highest BCUT2D eigenvalue weighted by atomic mass is 35.5. The highest BCUT2D eigenvalue weighted by Gasteiger charge is 2.10. The summed E-state index contributed by atoms with van der Waals surface area (Å²) in [6, 6.07) is 7.12. The number of benzene rings is 1. The van der Waals surface area contributed by atoms with Gasteiger partial charge in [-0.05, 0) is 18.2 Å². The molecule has 4 nitrogen and oxygen atoms in total. The summed E-state index contributed by atoms with van der Waals surface area (Å²) in [7, 11) is 0. The van der Waals surface area contributed by atoms with Gasteiger partial charge in [-0.1, -0.05) is 34.4 Å². The maximum Gasteiger partial charge on any atom is 0.259 e. The van der Waals surface area contributed by atoms with Crippen molar-refractivity contribution in [2.75, 3.05) is 5.73 Å². The quantitative estimate of drug-likeness (QED) is 0.736. The number of anilines is 1. The van der Waals surface area contributed by atoms with E-state index in [1.54, 1.807) is 18.3 Å². The first-order valence-electron chi connectivity index (χ1n) is 5.11. The minimum Gasteiger partial charge on any atom is -0.380 e. The summed E-state index contributed by atoms with van der Waals surface area (Å²) in [5, 5.41) is 5.46. The van der Waals surface area contributed by atoms with E-state index in [9.17, 15) is 0 Å². The lowest BCUT2D eigenvalue weighted by Gasteiger charge is -2.04. The SMILES string of the molecule is Nc1noc2ncc(-c3ccc(Cl)cc3Cl)cc12. The van der Waals surface area contributed by atoms with Crippen molar-refractivity contribution in [1.82, 2.24) is 10.1 Å². The highest BCUT2D eigenvalue weighted by Crippen LogP contribution is 2.32. The Kier molecular flexibility index (Phi) is 2.61. The van der Waals surface area contributed by atoms with E-state index >= 15 is 0 Å². The second-order valence-electron chi connectivity index (χ2n) is 3.77. The van der Waals surface area contributed by atoms with Crippen LogP contribution in [0.2, 0.25) is 10.0 Å². The minimum atomic E-state index is 0.310. The van der Waals surface area contributed by atoms with Gasteiger partial charge in [0.15, 0.2) is 5.82 Å². The monoisotopic (exact) mass is 279 g/mol. The van der Waals surface area contributed by atoms with Crippen molar-refractivity contribution in [2.45, 2.75) is 0 Å². The van der Waals surface area contributed by atoms with Crippen LogP contribution in [-0.4, -0.2) is 10.1 Å². The van der Waals surface area contributed by atoms with Crippen LogP contribution in [0.25, 0.3) is 22.2 Å². The molecule has 0 atom stereocenters. The molecule has 0 aliphatic rings. The van der Waals surface area contributed by atoms with Gasteiger partial charge in [0.2, 0.25) is 0 Å². The molecular weight excluding hydrogens is 273 g/mol. The van der Waals surface area contributed by atoms with Gasteiger partial charge in [0.25, 0.3) is 5.71 Å². The van der Waals surface area contributed by atoms with Crippen molar-refractivity contribution in [3.8, 4) is 11.1 Å². The van der Waals surface area contributed by atoms with Gasteiger partial charge in [-0.3, -0.25) is 0 Å². The maximum absolute atomic E-state index is 6.15. The molecule has 2 aromatic heterocycles. The van der Waals surface area contributed by atoms with E-state index < -0.39 is 0 Å². The number of halogens is 2. The minimum absolute atomic E-state index is 0.310. The second kappa shape index (κ2) is 4.15. The smallest absolute Gasteiger partial charge is 0.259 e. The molecule has 18 heavy (non-hydrogen) atoms. The molecule has 0 amide bonds. The molecule has 0 saturated carbocycles. The maximum atomic E-state index is 6.15. The molecule has 90 valence electrons. The fraction of sp³-hybridized carbons (Fsp3) is 0. The third-order valence-corrected chi connectivity index (χ3v) is 3.15. The third kappa shape index (κ3) is 1.79. The number of pyridine rings is 1. The van der Waals surface area contributed by atoms with Crippen molar-refractivity contribution in [3.05, 3.63) is 40.5 Å². The van der Waals surface area contributed by atoms with E-state index in [0.717, 1.165) is 11.1 Å². The topological polar surface area (TPSA) is 64.9 Å². The van der Waals surface area contributed by atoms with Crippen molar-refractivity contribution >= 4 is 40.1 Å². The number of aromatic nitrogens is 2. The van der Waals surface area contributed by atoms with Crippen LogP contribution in [0, 0.1) is 0 Å². The van der Waals surface area contributed by atoms with E-state index in [-0.39, 0.29) is 0 Å². The Labute approximate surface area is 112 Å². The molecule has 0 fully saturated rings. The molecule has 0 unspecified atom stereocenters. The van der Waals surface area contributed by atoms with E-state index in [1.807, 2.05) is 12.1 Å². The van der Waals surface area contributed by atoms with Crippen LogP contribution in [0.15, 0.2) is 35.0 Å². The molecule has 0 bridgehead atoms. The molecule has 0 saturated heterocycles. The van der Waals surface area contributed by atoms with E-state index in [0.29, 0.717) is 27.0 Å². The van der Waals surface area contributed by atoms with Crippen molar-refractivity contribution in [3.63, 3.8) is 0 Å². The number of nitrogens with two attached hydrogens (primary N) is 1. The highest BCUT2D eigenvalue weighted by molar-refractivity contribution is 6.36. The number of hydrogen-bond acceptors (Lipinski definition) is 4. The first-order valence-corrected chi connectivity index (χ1v) is 5.87. The van der Waals surface area contributed by atoms with Gasteiger partial charge in [-0.15, -0.1) is 0 Å². The molecule has 0 radical (unpaired) electrons. The zero-order valence-electron chi connectivity index (χ0n) is 9.02. The number of nitrogen functional groups attached to an aromatic ring is 1. The van der Waals surface area contributed by atoms with Crippen LogP contribution in [0.1, 0.15) is 0 Å². The van der Waals surface area contributed by atoms with Crippen LogP contribution in [0.4, 0.5) is 5.82 Å². The molecule has 0 aliphatic carbocycles. The van der Waals surface area contributed by atoms with Crippen LogP contribution < -0.4 is 5.73 Å². The standard InChI is InChI=1S/C12H7Cl2N3O/c13-7-1-2-8(10(14)4-7)6-3-9-11(15)17-18-12(9)16-5-6/h1-5H,(H2,15,17). The zero-order valence-corrected chi connectivity index (χ0v) is 10.5. The Balaban J connectivity index is 2.21. The summed E-state index contributed by atoms with van der Waals surface area (Å²) < 4.78 is 4.95. The normalized spacial score (nSPS) is 11.0. The van der Waals surface area contributed by atoms with Crippen molar-refractivity contribution in [2.24, 2.45) is 0 Å². The fourth-order valence-corrected chi connectivity index (χ4v) is 2.24. The zero-order chi connectivity index (χ0) is 12.7. The Morgan fingerprint density at radius 3 is 2.78 bits per heavy atom. The molecule has 0 spiro atoms. The van der Waals surface area contributed by atoms with E-state index in [2.05, 4.69) is 10.1 Å². The lowest BCUT2D eigenvalue weighted by molar-refractivity contribution is 0.452. The number of fused-ring (bicyclic) bond motifs is 1. The summed E-state index contributed by atoms with van der Waals surface area (Å²) in [5.41, 5.74) is 7.75. The van der Waals surface area contributed by atoms with Gasteiger partial charge in [-0.25, -0.2) is 4.98 Å². The lowest BCUT2D eigenvalue weighted by atomic mass is 10.1. The Morgan fingerprint density at radius 2 is 2.00 bits per heavy atom. The molecule has 1 aromatic carbocycles. The summed E-state index contributed by atoms with van der Waals surface area (Å²) in [6.07, 6.45) is 1.65. The Hall–Kier alpha value is -1.78. The number of rotatable bonds is 1. The van der Waals surface area contributed by atoms with Gasteiger partial charge in [0.05, 0.1) is 5.39 Å². The van der Waals surface area contributed by atoms with Crippen LogP contribution in [0.3, 0.4) is 0 Å². The van der Waals surface area contributed by atoms with E-state index in [1.165, 1.54) is 0 Å². The van der Waals surface area contributed by atoms with Crippen LogP contribution in [0.5, 0.6) is 0 Å². The average Bonchev–Trinajstić information content (AvgIpc) is 2.71. The largest absolute Gasteiger partial charge is 0.380 e. The van der Waals surface area contributed by atoms with Crippen molar-refractivity contribution < 1.29 is 4.52 Å². The average molecular weight is 280 g/mol. The molecule has 0 aliphatic heterocycles. The van der Waals surface area contributed by atoms with Gasteiger partial charge >= 0.3 is 0 Å². The van der Waals surface area contributed by atoms with Crippen LogP contribution >= 0.6 is 23.2 Å². The second-order valence-corrected chi connectivity index (χ2v) is 4.61. The molecule has 6 heteroatoms. The Bertz CT molecular complexity index is 739. The number of nitrogens with zero attached hydrogens (tertiary/aromatic N) is 2. The Morgan fingerprint density at radius 1 is 1.17 bits per heavy atom. The number of hydrogen-bond donors (Lipinski definition) is 1. The first-order chi connectivity index (χ1) is 8.65. The summed E-state index contributed by atoms with van der Waals surface area (Å²) in [4.78, 5) is 4.14.